The lowest BCUT2D eigenvalue weighted by Crippen LogP contribution is -2.45. The first-order valence-corrected chi connectivity index (χ1v) is 9.10. The van der Waals surface area contributed by atoms with Crippen LogP contribution in [0.4, 0.5) is 0 Å². The molecule has 1 nitrogen and oxygen atoms in total. The highest BCUT2D eigenvalue weighted by molar-refractivity contribution is 5.22. The van der Waals surface area contributed by atoms with E-state index in [0.717, 1.165) is 23.8 Å². The van der Waals surface area contributed by atoms with Gasteiger partial charge in [-0.25, -0.2) is 0 Å². The fourth-order valence-electron chi connectivity index (χ4n) is 4.76. The van der Waals surface area contributed by atoms with E-state index in [0.29, 0.717) is 6.04 Å². The summed E-state index contributed by atoms with van der Waals surface area (Å²) in [6.45, 7) is 4.83. The zero-order chi connectivity index (χ0) is 14.7. The molecule has 2 aliphatic carbocycles. The van der Waals surface area contributed by atoms with E-state index in [1.165, 1.54) is 44.9 Å². The lowest BCUT2D eigenvalue weighted by Gasteiger charge is -2.36. The lowest BCUT2D eigenvalue weighted by molar-refractivity contribution is 0.261. The van der Waals surface area contributed by atoms with Crippen molar-refractivity contribution in [1.82, 2.24) is 5.32 Å². The highest BCUT2D eigenvalue weighted by Crippen LogP contribution is 2.38. The Bertz CT molecular complexity index is 427. The van der Waals surface area contributed by atoms with Gasteiger partial charge >= 0.3 is 0 Å². The molecule has 2 fully saturated rings. The molecule has 1 heteroatoms. The smallest absolute Gasteiger partial charge is 0.0138 e. The molecule has 2 saturated carbocycles. The van der Waals surface area contributed by atoms with Gasteiger partial charge in [0.1, 0.15) is 0 Å². The molecule has 2 aliphatic rings. The SMILES string of the molecule is CCC1CCC(NC2CCCCC2c2ccccc2)C1C. The van der Waals surface area contributed by atoms with Crippen molar-refractivity contribution in [2.75, 3.05) is 0 Å². The maximum atomic E-state index is 4.08. The predicted molar refractivity (Wildman–Crippen MR) is 90.5 cm³/mol. The zero-order valence-electron chi connectivity index (χ0n) is 13.7. The van der Waals surface area contributed by atoms with Crippen LogP contribution in [0.5, 0.6) is 0 Å². The second-order valence-corrected chi connectivity index (χ2v) is 7.29. The van der Waals surface area contributed by atoms with Gasteiger partial charge in [0.2, 0.25) is 0 Å². The Labute approximate surface area is 130 Å². The second-order valence-electron chi connectivity index (χ2n) is 7.29. The van der Waals surface area contributed by atoms with Crippen molar-refractivity contribution >= 4 is 0 Å². The molecule has 1 aromatic rings. The van der Waals surface area contributed by atoms with E-state index in [1.807, 2.05) is 0 Å². The van der Waals surface area contributed by atoms with Crippen molar-refractivity contribution in [1.29, 1.82) is 0 Å². The second kappa shape index (κ2) is 6.96. The molecule has 0 saturated heterocycles. The van der Waals surface area contributed by atoms with Gasteiger partial charge < -0.3 is 5.32 Å². The summed E-state index contributed by atoms with van der Waals surface area (Å²) in [6, 6.07) is 12.7. The van der Waals surface area contributed by atoms with Crippen LogP contribution < -0.4 is 5.32 Å². The van der Waals surface area contributed by atoms with E-state index in [4.69, 9.17) is 0 Å². The highest BCUT2D eigenvalue weighted by Gasteiger charge is 2.35. The van der Waals surface area contributed by atoms with Crippen LogP contribution in [-0.4, -0.2) is 12.1 Å². The quantitative estimate of drug-likeness (QED) is 0.809. The van der Waals surface area contributed by atoms with E-state index in [2.05, 4.69) is 49.5 Å². The third-order valence-corrected chi connectivity index (χ3v) is 6.17. The standard InChI is InChI=1S/C20H31N/c1-3-16-13-14-19(15(16)2)21-20-12-8-7-11-18(20)17-9-5-4-6-10-17/h4-6,9-10,15-16,18-21H,3,7-8,11-14H2,1-2H3. The van der Waals surface area contributed by atoms with Crippen molar-refractivity contribution in [3.63, 3.8) is 0 Å². The minimum atomic E-state index is 0.698. The van der Waals surface area contributed by atoms with Crippen LogP contribution in [0.15, 0.2) is 30.3 Å². The zero-order valence-corrected chi connectivity index (χ0v) is 13.7. The normalized spacial score (nSPS) is 36.8. The number of hydrogen-bond donors (Lipinski definition) is 1. The van der Waals surface area contributed by atoms with Crippen molar-refractivity contribution in [3.8, 4) is 0 Å². The minimum absolute atomic E-state index is 0.698. The molecule has 1 aromatic carbocycles. The average molecular weight is 285 g/mol. The monoisotopic (exact) mass is 285 g/mol. The molecule has 1 N–H and O–H groups in total. The topological polar surface area (TPSA) is 12.0 Å². The largest absolute Gasteiger partial charge is 0.310 e. The maximum Gasteiger partial charge on any atom is 0.0138 e. The molecule has 0 aliphatic heterocycles. The molecular formula is C20H31N. The summed E-state index contributed by atoms with van der Waals surface area (Å²) < 4.78 is 0. The summed E-state index contributed by atoms with van der Waals surface area (Å²) in [7, 11) is 0. The fraction of sp³-hybridized carbons (Fsp3) is 0.700. The van der Waals surface area contributed by atoms with Crippen LogP contribution in [0.1, 0.15) is 70.3 Å². The van der Waals surface area contributed by atoms with Gasteiger partial charge in [0, 0.05) is 12.1 Å². The van der Waals surface area contributed by atoms with E-state index >= 15 is 0 Å². The van der Waals surface area contributed by atoms with E-state index in [9.17, 15) is 0 Å². The number of nitrogens with one attached hydrogen (secondary N) is 1. The number of rotatable bonds is 4. The number of hydrogen-bond acceptors (Lipinski definition) is 1. The van der Waals surface area contributed by atoms with E-state index in [-0.39, 0.29) is 0 Å². The first-order chi connectivity index (χ1) is 10.3. The molecule has 0 bridgehead atoms. The Balaban J connectivity index is 1.68. The third-order valence-electron chi connectivity index (χ3n) is 6.17. The van der Waals surface area contributed by atoms with Crippen LogP contribution in [0.3, 0.4) is 0 Å². The van der Waals surface area contributed by atoms with Gasteiger partial charge in [-0.2, -0.15) is 0 Å². The van der Waals surface area contributed by atoms with Gasteiger partial charge in [-0.1, -0.05) is 63.4 Å². The summed E-state index contributed by atoms with van der Waals surface area (Å²) >= 11 is 0. The lowest BCUT2D eigenvalue weighted by atomic mass is 9.79. The fourth-order valence-corrected chi connectivity index (χ4v) is 4.76. The van der Waals surface area contributed by atoms with E-state index in [1.54, 1.807) is 5.56 Å². The molecule has 3 rings (SSSR count). The van der Waals surface area contributed by atoms with Gasteiger partial charge in [-0.3, -0.25) is 0 Å². The molecule has 116 valence electrons. The van der Waals surface area contributed by atoms with Crippen LogP contribution in [0, 0.1) is 11.8 Å². The Hall–Kier alpha value is -0.820. The van der Waals surface area contributed by atoms with Gasteiger partial charge in [0.05, 0.1) is 0 Å². The highest BCUT2D eigenvalue weighted by atomic mass is 15.0. The average Bonchev–Trinajstić information content (AvgIpc) is 2.89. The third kappa shape index (κ3) is 3.34. The van der Waals surface area contributed by atoms with Crippen LogP contribution in [-0.2, 0) is 0 Å². The van der Waals surface area contributed by atoms with E-state index < -0.39 is 0 Å². The van der Waals surface area contributed by atoms with Crippen LogP contribution >= 0.6 is 0 Å². The Morgan fingerprint density at radius 1 is 0.952 bits per heavy atom. The first-order valence-electron chi connectivity index (χ1n) is 9.10. The first kappa shape index (κ1) is 15.1. The molecule has 0 spiro atoms. The summed E-state index contributed by atoms with van der Waals surface area (Å²) in [5.41, 5.74) is 1.55. The van der Waals surface area contributed by atoms with Gasteiger partial charge in [0.25, 0.3) is 0 Å². The van der Waals surface area contributed by atoms with Gasteiger partial charge in [-0.05, 0) is 49.0 Å². The van der Waals surface area contributed by atoms with Crippen molar-refractivity contribution in [3.05, 3.63) is 35.9 Å². The molecule has 5 unspecified atom stereocenters. The molecule has 0 radical (unpaired) electrons. The van der Waals surface area contributed by atoms with Gasteiger partial charge in [0.15, 0.2) is 0 Å². The Morgan fingerprint density at radius 3 is 2.43 bits per heavy atom. The van der Waals surface area contributed by atoms with Crippen molar-refractivity contribution in [2.24, 2.45) is 11.8 Å². The summed E-state index contributed by atoms with van der Waals surface area (Å²) in [5.74, 6) is 2.53. The molecule has 0 heterocycles. The maximum absolute atomic E-state index is 4.08. The number of benzene rings is 1. The Kier molecular flexibility index (Phi) is 5.00. The summed E-state index contributed by atoms with van der Waals surface area (Å²) in [4.78, 5) is 0. The summed E-state index contributed by atoms with van der Waals surface area (Å²) in [6.07, 6.45) is 9.69. The molecule has 21 heavy (non-hydrogen) atoms. The molecule has 0 amide bonds. The minimum Gasteiger partial charge on any atom is -0.310 e. The molecule has 0 aromatic heterocycles. The van der Waals surface area contributed by atoms with Crippen molar-refractivity contribution < 1.29 is 0 Å². The summed E-state index contributed by atoms with van der Waals surface area (Å²) in [5, 5.41) is 4.08. The van der Waals surface area contributed by atoms with Crippen LogP contribution in [0.2, 0.25) is 0 Å². The van der Waals surface area contributed by atoms with Gasteiger partial charge in [-0.15, -0.1) is 0 Å². The van der Waals surface area contributed by atoms with Crippen molar-refractivity contribution in [2.45, 2.75) is 76.8 Å². The predicted octanol–water partition coefficient (Wildman–Crippen LogP) is 5.13. The molecule has 5 atom stereocenters. The Morgan fingerprint density at radius 2 is 1.71 bits per heavy atom. The van der Waals surface area contributed by atoms with Crippen LogP contribution in [0.25, 0.3) is 0 Å². The molecular weight excluding hydrogens is 254 g/mol.